The Kier molecular flexibility index (Phi) is 3.13. The molecule has 0 aromatic rings. The van der Waals surface area contributed by atoms with Gasteiger partial charge in [-0.25, -0.2) is 0 Å². The van der Waals surface area contributed by atoms with Gasteiger partial charge < -0.3 is 5.32 Å². The summed E-state index contributed by atoms with van der Waals surface area (Å²) >= 11 is 0. The van der Waals surface area contributed by atoms with Gasteiger partial charge >= 0.3 is 0 Å². The van der Waals surface area contributed by atoms with Crippen molar-refractivity contribution < 1.29 is 0 Å². The molecule has 82 valence electrons. The molecule has 0 aliphatic carbocycles. The molecule has 0 spiro atoms. The zero-order valence-corrected chi connectivity index (χ0v) is 9.79. The van der Waals surface area contributed by atoms with Crippen molar-refractivity contribution in [3.63, 3.8) is 0 Å². The number of nitrogens with zero attached hydrogens (tertiary/aromatic N) is 1. The summed E-state index contributed by atoms with van der Waals surface area (Å²) in [6.07, 6.45) is 1.31. The molecule has 3 unspecified atom stereocenters. The molecule has 1 N–H and O–H groups in total. The van der Waals surface area contributed by atoms with Gasteiger partial charge in [0.25, 0.3) is 0 Å². The lowest BCUT2D eigenvalue weighted by molar-refractivity contribution is 0.173. The molecule has 2 rings (SSSR count). The van der Waals surface area contributed by atoms with E-state index in [1.54, 1.807) is 0 Å². The van der Waals surface area contributed by atoms with Gasteiger partial charge in [0.1, 0.15) is 0 Å². The van der Waals surface area contributed by atoms with Gasteiger partial charge in [-0.15, -0.1) is 0 Å². The quantitative estimate of drug-likeness (QED) is 0.737. The lowest BCUT2D eigenvalue weighted by Gasteiger charge is -2.30. The fourth-order valence-electron chi connectivity index (χ4n) is 3.31. The van der Waals surface area contributed by atoms with Crippen LogP contribution in [0.25, 0.3) is 0 Å². The Morgan fingerprint density at radius 2 is 1.79 bits per heavy atom. The lowest BCUT2D eigenvalue weighted by atomic mass is 10.0. The highest BCUT2D eigenvalue weighted by molar-refractivity contribution is 4.93. The molecule has 2 saturated heterocycles. The summed E-state index contributed by atoms with van der Waals surface area (Å²) in [6, 6.07) is 0.820. The highest BCUT2D eigenvalue weighted by atomic mass is 15.2. The Morgan fingerprint density at radius 1 is 1.21 bits per heavy atom. The Labute approximate surface area is 88.1 Å². The minimum atomic E-state index is 0.812. The van der Waals surface area contributed by atoms with Gasteiger partial charge in [-0.1, -0.05) is 20.8 Å². The molecule has 0 saturated carbocycles. The molecule has 0 amide bonds. The Bertz CT molecular complexity index is 179. The normalized spacial score (nSPS) is 35.1. The van der Waals surface area contributed by atoms with E-state index in [0.29, 0.717) is 0 Å². The topological polar surface area (TPSA) is 15.3 Å². The second-order valence-corrected chi connectivity index (χ2v) is 5.35. The first-order chi connectivity index (χ1) is 6.72. The molecule has 2 aliphatic rings. The van der Waals surface area contributed by atoms with E-state index >= 15 is 0 Å². The van der Waals surface area contributed by atoms with Crippen molar-refractivity contribution in [2.75, 3.05) is 26.2 Å². The highest BCUT2D eigenvalue weighted by Gasteiger charge is 2.38. The molecule has 2 heterocycles. The van der Waals surface area contributed by atoms with Crippen LogP contribution >= 0.6 is 0 Å². The molecular weight excluding hydrogens is 172 g/mol. The second kappa shape index (κ2) is 4.19. The van der Waals surface area contributed by atoms with Gasteiger partial charge in [-0.3, -0.25) is 4.90 Å². The summed E-state index contributed by atoms with van der Waals surface area (Å²) in [7, 11) is 0. The van der Waals surface area contributed by atoms with Crippen LogP contribution in [-0.4, -0.2) is 37.1 Å². The van der Waals surface area contributed by atoms with Crippen molar-refractivity contribution >= 4 is 0 Å². The molecule has 2 fully saturated rings. The van der Waals surface area contributed by atoms with Crippen LogP contribution in [0.2, 0.25) is 0 Å². The fourth-order valence-corrected chi connectivity index (χ4v) is 3.31. The molecular formula is C12H24N2. The maximum absolute atomic E-state index is 3.50. The number of fused-ring (bicyclic) bond motifs is 1. The van der Waals surface area contributed by atoms with Crippen LogP contribution in [0.3, 0.4) is 0 Å². The smallest absolute Gasteiger partial charge is 0.0116 e. The van der Waals surface area contributed by atoms with Gasteiger partial charge in [-0.2, -0.15) is 0 Å². The number of likely N-dealkylation sites (tertiary alicyclic amines) is 1. The van der Waals surface area contributed by atoms with Crippen molar-refractivity contribution in [3.05, 3.63) is 0 Å². The molecule has 0 aromatic carbocycles. The average molecular weight is 196 g/mol. The van der Waals surface area contributed by atoms with E-state index in [9.17, 15) is 0 Å². The molecule has 0 bridgehead atoms. The summed E-state index contributed by atoms with van der Waals surface area (Å²) < 4.78 is 0. The standard InChI is InChI=1S/C12H24N2/c1-4-12(9(2)3)14-7-10-5-13-6-11(10)8-14/h9-13H,4-8H2,1-3H3. The van der Waals surface area contributed by atoms with E-state index in [0.717, 1.165) is 23.8 Å². The zero-order valence-electron chi connectivity index (χ0n) is 9.79. The van der Waals surface area contributed by atoms with E-state index in [-0.39, 0.29) is 0 Å². The maximum Gasteiger partial charge on any atom is 0.0116 e. The molecule has 14 heavy (non-hydrogen) atoms. The molecule has 2 aliphatic heterocycles. The predicted molar refractivity (Wildman–Crippen MR) is 60.3 cm³/mol. The summed E-state index contributed by atoms with van der Waals surface area (Å²) in [5.74, 6) is 2.71. The van der Waals surface area contributed by atoms with Gasteiger partial charge in [-0.05, 0) is 37.3 Å². The highest BCUT2D eigenvalue weighted by Crippen LogP contribution is 2.30. The first-order valence-corrected chi connectivity index (χ1v) is 6.17. The summed E-state index contributed by atoms with van der Waals surface area (Å²) in [4.78, 5) is 2.74. The van der Waals surface area contributed by atoms with Gasteiger partial charge in [0.05, 0.1) is 0 Å². The first-order valence-electron chi connectivity index (χ1n) is 6.17. The van der Waals surface area contributed by atoms with Crippen LogP contribution in [0.5, 0.6) is 0 Å². The molecule has 0 aromatic heterocycles. The molecule has 2 heteroatoms. The van der Waals surface area contributed by atoms with Crippen LogP contribution in [-0.2, 0) is 0 Å². The van der Waals surface area contributed by atoms with Crippen molar-refractivity contribution in [3.8, 4) is 0 Å². The number of hydrogen-bond acceptors (Lipinski definition) is 2. The van der Waals surface area contributed by atoms with E-state index in [1.165, 1.54) is 32.6 Å². The lowest BCUT2D eigenvalue weighted by Crippen LogP contribution is -2.38. The van der Waals surface area contributed by atoms with E-state index < -0.39 is 0 Å². The van der Waals surface area contributed by atoms with Crippen molar-refractivity contribution in [1.29, 1.82) is 0 Å². The fraction of sp³-hybridized carbons (Fsp3) is 1.00. The summed E-state index contributed by atoms with van der Waals surface area (Å²) in [5, 5.41) is 3.50. The zero-order chi connectivity index (χ0) is 10.1. The summed E-state index contributed by atoms with van der Waals surface area (Å²) in [5.41, 5.74) is 0. The average Bonchev–Trinajstić information content (AvgIpc) is 2.63. The van der Waals surface area contributed by atoms with Crippen molar-refractivity contribution in [2.45, 2.75) is 33.2 Å². The SMILES string of the molecule is CCC(C(C)C)N1CC2CNCC2C1. The third-order valence-electron chi connectivity index (χ3n) is 4.07. The van der Waals surface area contributed by atoms with Crippen LogP contribution in [0.1, 0.15) is 27.2 Å². The van der Waals surface area contributed by atoms with Crippen LogP contribution in [0.15, 0.2) is 0 Å². The number of hydrogen-bond donors (Lipinski definition) is 1. The second-order valence-electron chi connectivity index (χ2n) is 5.35. The van der Waals surface area contributed by atoms with Crippen LogP contribution in [0.4, 0.5) is 0 Å². The molecule has 2 nitrogen and oxygen atoms in total. The van der Waals surface area contributed by atoms with Crippen LogP contribution in [0, 0.1) is 17.8 Å². The van der Waals surface area contributed by atoms with Gasteiger partial charge in [0.2, 0.25) is 0 Å². The predicted octanol–water partition coefficient (Wildman–Crippen LogP) is 1.57. The number of nitrogens with one attached hydrogen (secondary N) is 1. The largest absolute Gasteiger partial charge is 0.316 e. The minimum Gasteiger partial charge on any atom is -0.316 e. The third-order valence-corrected chi connectivity index (χ3v) is 4.07. The van der Waals surface area contributed by atoms with Crippen LogP contribution < -0.4 is 5.32 Å². The van der Waals surface area contributed by atoms with Gasteiger partial charge in [0.15, 0.2) is 0 Å². The minimum absolute atomic E-state index is 0.812. The van der Waals surface area contributed by atoms with E-state index in [4.69, 9.17) is 0 Å². The Hall–Kier alpha value is -0.0800. The maximum atomic E-state index is 3.50. The van der Waals surface area contributed by atoms with Crippen molar-refractivity contribution in [1.82, 2.24) is 10.2 Å². The van der Waals surface area contributed by atoms with Crippen molar-refractivity contribution in [2.24, 2.45) is 17.8 Å². The number of rotatable bonds is 3. The monoisotopic (exact) mass is 196 g/mol. The van der Waals surface area contributed by atoms with E-state index in [1.807, 2.05) is 0 Å². The molecule has 0 radical (unpaired) electrons. The van der Waals surface area contributed by atoms with Gasteiger partial charge in [0, 0.05) is 19.1 Å². The first kappa shape index (κ1) is 10.4. The van der Waals surface area contributed by atoms with E-state index in [2.05, 4.69) is 31.0 Å². The summed E-state index contributed by atoms with van der Waals surface area (Å²) in [6.45, 7) is 12.3. The Morgan fingerprint density at radius 3 is 2.21 bits per heavy atom. The Balaban J connectivity index is 1.93. The third kappa shape index (κ3) is 1.82. The molecule has 3 atom stereocenters.